The minimum absolute atomic E-state index is 0.120. The second-order valence-electron chi connectivity index (χ2n) is 5.42. The Bertz CT molecular complexity index is 680. The largest absolute Gasteiger partial charge is 0.481 e. The number of amides is 1. The van der Waals surface area contributed by atoms with E-state index in [9.17, 15) is 9.59 Å². The minimum Gasteiger partial charge on any atom is -0.481 e. The third-order valence-corrected chi connectivity index (χ3v) is 3.87. The van der Waals surface area contributed by atoms with Crippen LogP contribution in [0.25, 0.3) is 11.5 Å². The number of carbonyl (C=O) groups excluding carboxylic acids is 1. The molecule has 0 bridgehead atoms. The van der Waals surface area contributed by atoms with Crippen LogP contribution in [0.15, 0.2) is 41.0 Å². The van der Waals surface area contributed by atoms with Gasteiger partial charge in [0, 0.05) is 11.6 Å². The number of carbonyl (C=O) groups is 2. The van der Waals surface area contributed by atoms with E-state index in [1.165, 1.54) is 6.26 Å². The van der Waals surface area contributed by atoms with Gasteiger partial charge < -0.3 is 14.8 Å². The van der Waals surface area contributed by atoms with Crippen LogP contribution >= 0.6 is 0 Å². The van der Waals surface area contributed by atoms with Gasteiger partial charge in [-0.1, -0.05) is 18.2 Å². The average molecular weight is 300 g/mol. The number of aliphatic carboxylic acids is 1. The van der Waals surface area contributed by atoms with E-state index in [1.807, 2.05) is 30.3 Å². The van der Waals surface area contributed by atoms with E-state index in [-0.39, 0.29) is 23.6 Å². The topological polar surface area (TPSA) is 92.4 Å². The van der Waals surface area contributed by atoms with Gasteiger partial charge in [-0.05, 0) is 31.4 Å². The molecule has 1 fully saturated rings. The number of hydrogen-bond donors (Lipinski definition) is 2. The van der Waals surface area contributed by atoms with E-state index in [0.717, 1.165) is 5.56 Å². The molecule has 1 aliphatic rings. The van der Waals surface area contributed by atoms with E-state index in [2.05, 4.69) is 10.3 Å². The van der Waals surface area contributed by atoms with Crippen molar-refractivity contribution in [2.24, 2.45) is 5.92 Å². The molecule has 114 valence electrons. The van der Waals surface area contributed by atoms with Crippen molar-refractivity contribution in [1.29, 1.82) is 0 Å². The van der Waals surface area contributed by atoms with Crippen LogP contribution in [0.2, 0.25) is 0 Å². The molecule has 1 aliphatic carbocycles. The summed E-state index contributed by atoms with van der Waals surface area (Å²) in [6.07, 6.45) is 3.05. The van der Waals surface area contributed by atoms with Crippen molar-refractivity contribution >= 4 is 11.9 Å². The lowest BCUT2D eigenvalue weighted by Crippen LogP contribution is -2.33. The van der Waals surface area contributed by atoms with Crippen molar-refractivity contribution in [2.45, 2.75) is 25.3 Å². The summed E-state index contributed by atoms with van der Waals surface area (Å²) in [6, 6.07) is 9.20. The van der Waals surface area contributed by atoms with E-state index >= 15 is 0 Å². The molecule has 1 saturated carbocycles. The molecule has 6 heteroatoms. The van der Waals surface area contributed by atoms with Crippen LogP contribution in [-0.4, -0.2) is 28.0 Å². The number of carboxylic acids is 1. The van der Waals surface area contributed by atoms with Gasteiger partial charge in [-0.25, -0.2) is 4.98 Å². The Morgan fingerprint density at radius 2 is 2.00 bits per heavy atom. The Morgan fingerprint density at radius 3 is 2.68 bits per heavy atom. The summed E-state index contributed by atoms with van der Waals surface area (Å²) in [5.74, 6) is -1.12. The summed E-state index contributed by atoms with van der Waals surface area (Å²) in [7, 11) is 0. The smallest absolute Gasteiger partial charge is 0.306 e. The lowest BCUT2D eigenvalue weighted by molar-refractivity contribution is -0.141. The summed E-state index contributed by atoms with van der Waals surface area (Å²) < 4.78 is 5.33. The maximum atomic E-state index is 12.1. The maximum absolute atomic E-state index is 12.1. The van der Waals surface area contributed by atoms with Crippen molar-refractivity contribution in [3.63, 3.8) is 0 Å². The number of aromatic nitrogens is 1. The van der Waals surface area contributed by atoms with Gasteiger partial charge in [0.05, 0.1) is 5.92 Å². The van der Waals surface area contributed by atoms with Gasteiger partial charge in [0.15, 0.2) is 5.69 Å². The minimum atomic E-state index is -0.801. The number of benzene rings is 1. The molecule has 2 aromatic rings. The Labute approximate surface area is 127 Å². The van der Waals surface area contributed by atoms with Gasteiger partial charge in [-0.3, -0.25) is 9.59 Å². The van der Waals surface area contributed by atoms with Crippen molar-refractivity contribution < 1.29 is 19.1 Å². The summed E-state index contributed by atoms with van der Waals surface area (Å²) in [5, 5.41) is 11.8. The number of rotatable bonds is 4. The Hall–Kier alpha value is -2.63. The highest BCUT2D eigenvalue weighted by molar-refractivity contribution is 5.92. The molecule has 22 heavy (non-hydrogen) atoms. The normalized spacial score (nSPS) is 20.7. The summed E-state index contributed by atoms with van der Waals surface area (Å²) in [5.41, 5.74) is 1.01. The van der Waals surface area contributed by atoms with Crippen molar-refractivity contribution in [1.82, 2.24) is 10.3 Å². The molecule has 0 saturated heterocycles. The lowest BCUT2D eigenvalue weighted by atomic mass is 10.1. The molecule has 1 heterocycles. The summed E-state index contributed by atoms with van der Waals surface area (Å²) >= 11 is 0. The lowest BCUT2D eigenvalue weighted by Gasteiger charge is -2.10. The van der Waals surface area contributed by atoms with Crippen LogP contribution in [0.5, 0.6) is 0 Å². The highest BCUT2D eigenvalue weighted by Crippen LogP contribution is 2.26. The highest BCUT2D eigenvalue weighted by Gasteiger charge is 2.31. The third kappa shape index (κ3) is 3.00. The third-order valence-electron chi connectivity index (χ3n) is 3.87. The van der Waals surface area contributed by atoms with Crippen molar-refractivity contribution in [3.05, 3.63) is 42.3 Å². The zero-order chi connectivity index (χ0) is 15.5. The van der Waals surface area contributed by atoms with E-state index in [0.29, 0.717) is 25.2 Å². The van der Waals surface area contributed by atoms with E-state index < -0.39 is 5.97 Å². The van der Waals surface area contributed by atoms with Crippen LogP contribution in [-0.2, 0) is 4.79 Å². The van der Waals surface area contributed by atoms with Crippen LogP contribution in [0, 0.1) is 5.92 Å². The molecular weight excluding hydrogens is 284 g/mol. The average Bonchev–Trinajstić information content (AvgIpc) is 3.17. The molecule has 2 N–H and O–H groups in total. The quantitative estimate of drug-likeness (QED) is 0.904. The molecule has 1 aromatic heterocycles. The van der Waals surface area contributed by atoms with E-state index in [1.54, 1.807) is 0 Å². The van der Waals surface area contributed by atoms with Crippen LogP contribution < -0.4 is 5.32 Å². The first-order chi connectivity index (χ1) is 10.6. The SMILES string of the molecule is O=C(N[C@H]1CC[C@@H](C(=O)O)C1)c1coc(-c2ccccc2)n1. The summed E-state index contributed by atoms with van der Waals surface area (Å²) in [4.78, 5) is 27.2. The number of carboxylic acid groups (broad SMARTS) is 1. The maximum Gasteiger partial charge on any atom is 0.306 e. The second kappa shape index (κ2) is 6.01. The number of nitrogens with one attached hydrogen (secondary N) is 1. The van der Waals surface area contributed by atoms with Crippen molar-refractivity contribution in [2.75, 3.05) is 0 Å². The first-order valence-corrected chi connectivity index (χ1v) is 7.18. The molecule has 0 unspecified atom stereocenters. The number of nitrogens with zero attached hydrogens (tertiary/aromatic N) is 1. The van der Waals surface area contributed by atoms with Gasteiger partial charge in [0.1, 0.15) is 6.26 Å². The Morgan fingerprint density at radius 1 is 1.23 bits per heavy atom. The molecule has 0 aliphatic heterocycles. The molecule has 6 nitrogen and oxygen atoms in total. The number of hydrogen-bond acceptors (Lipinski definition) is 4. The van der Waals surface area contributed by atoms with Gasteiger partial charge in [-0.2, -0.15) is 0 Å². The molecule has 0 spiro atoms. The van der Waals surface area contributed by atoms with Crippen LogP contribution in [0.3, 0.4) is 0 Å². The Balaban J connectivity index is 1.64. The van der Waals surface area contributed by atoms with Crippen LogP contribution in [0.1, 0.15) is 29.8 Å². The molecule has 3 rings (SSSR count). The van der Waals surface area contributed by atoms with Crippen LogP contribution in [0.4, 0.5) is 0 Å². The van der Waals surface area contributed by atoms with Gasteiger partial charge in [-0.15, -0.1) is 0 Å². The predicted molar refractivity (Wildman–Crippen MR) is 78.2 cm³/mol. The fraction of sp³-hybridized carbons (Fsp3) is 0.312. The predicted octanol–water partition coefficient (Wildman–Crippen LogP) is 2.32. The van der Waals surface area contributed by atoms with Crippen molar-refractivity contribution in [3.8, 4) is 11.5 Å². The molecule has 0 radical (unpaired) electrons. The van der Waals surface area contributed by atoms with Gasteiger partial charge in [0.2, 0.25) is 5.89 Å². The second-order valence-corrected chi connectivity index (χ2v) is 5.42. The molecule has 1 aromatic carbocycles. The Kier molecular flexibility index (Phi) is 3.91. The zero-order valence-electron chi connectivity index (χ0n) is 11.9. The first-order valence-electron chi connectivity index (χ1n) is 7.18. The monoisotopic (exact) mass is 300 g/mol. The van der Waals surface area contributed by atoms with Gasteiger partial charge >= 0.3 is 5.97 Å². The van der Waals surface area contributed by atoms with E-state index in [4.69, 9.17) is 9.52 Å². The highest BCUT2D eigenvalue weighted by atomic mass is 16.4. The molecular formula is C16H16N2O4. The fourth-order valence-corrected chi connectivity index (χ4v) is 2.69. The first kappa shape index (κ1) is 14.3. The molecule has 2 atom stereocenters. The molecule has 1 amide bonds. The summed E-state index contributed by atoms with van der Waals surface area (Å²) in [6.45, 7) is 0. The zero-order valence-corrected chi connectivity index (χ0v) is 11.9. The van der Waals surface area contributed by atoms with Gasteiger partial charge in [0.25, 0.3) is 5.91 Å². The standard InChI is InChI=1S/C16H16N2O4/c19-14(17-12-7-6-11(8-12)16(20)21)13-9-22-15(18-13)10-4-2-1-3-5-10/h1-5,9,11-12H,6-8H2,(H,17,19)(H,20,21)/t11-,12+/m1/s1. The number of oxazole rings is 1. The fourth-order valence-electron chi connectivity index (χ4n) is 2.69.